The third kappa shape index (κ3) is 6.22. The number of rotatable bonds is 7. The second-order valence-electron chi connectivity index (χ2n) is 3.46. The number of hydrogen-bond donors (Lipinski definition) is 0. The topological polar surface area (TPSA) is 23.8 Å². The Labute approximate surface area is 76.8 Å². The molecular formula is C11H21N. The van der Waals surface area contributed by atoms with Crippen LogP contribution in [0.1, 0.15) is 58.8 Å². The normalized spacial score (nSPS) is 12.4. The van der Waals surface area contributed by atoms with Gasteiger partial charge in [0.15, 0.2) is 0 Å². The van der Waals surface area contributed by atoms with Crippen LogP contribution in [-0.2, 0) is 0 Å². The SMILES string of the molecule is CCCCCCC(C#N)CCC. The third-order valence-electron chi connectivity index (χ3n) is 2.23. The summed E-state index contributed by atoms with van der Waals surface area (Å²) in [6, 6.07) is 2.38. The first-order valence-electron chi connectivity index (χ1n) is 5.24. The van der Waals surface area contributed by atoms with E-state index in [-0.39, 0.29) is 0 Å². The highest BCUT2D eigenvalue weighted by Crippen LogP contribution is 2.14. The molecule has 0 aliphatic heterocycles. The van der Waals surface area contributed by atoms with E-state index in [1.54, 1.807) is 0 Å². The van der Waals surface area contributed by atoms with Gasteiger partial charge in [0.2, 0.25) is 0 Å². The molecule has 0 rings (SSSR count). The molecule has 0 saturated heterocycles. The quantitative estimate of drug-likeness (QED) is 0.527. The lowest BCUT2D eigenvalue weighted by molar-refractivity contribution is 0.504. The second-order valence-corrected chi connectivity index (χ2v) is 3.46. The van der Waals surface area contributed by atoms with Gasteiger partial charge in [-0.05, 0) is 12.8 Å². The molecule has 0 aliphatic carbocycles. The summed E-state index contributed by atoms with van der Waals surface area (Å²) in [5, 5.41) is 8.76. The van der Waals surface area contributed by atoms with E-state index in [9.17, 15) is 0 Å². The van der Waals surface area contributed by atoms with E-state index in [1.165, 1.54) is 25.7 Å². The van der Waals surface area contributed by atoms with Gasteiger partial charge in [-0.25, -0.2) is 0 Å². The Bertz CT molecular complexity index is 123. The first-order chi connectivity index (χ1) is 5.85. The molecule has 0 aromatic rings. The standard InChI is InChI=1S/C11H21N/c1-3-5-6-7-9-11(10-12)8-4-2/h11H,3-9H2,1-2H3. The van der Waals surface area contributed by atoms with E-state index in [2.05, 4.69) is 19.9 Å². The smallest absolute Gasteiger partial charge is 0.0655 e. The van der Waals surface area contributed by atoms with Gasteiger partial charge in [0, 0.05) is 5.92 Å². The van der Waals surface area contributed by atoms with Gasteiger partial charge < -0.3 is 0 Å². The van der Waals surface area contributed by atoms with E-state index in [4.69, 9.17) is 5.26 Å². The van der Waals surface area contributed by atoms with Crippen LogP contribution in [0.2, 0.25) is 0 Å². The lowest BCUT2D eigenvalue weighted by atomic mass is 9.98. The molecule has 0 aliphatic rings. The van der Waals surface area contributed by atoms with Crippen LogP contribution in [0, 0.1) is 17.2 Å². The number of hydrogen-bond acceptors (Lipinski definition) is 1. The molecule has 0 fully saturated rings. The Morgan fingerprint density at radius 1 is 1.00 bits per heavy atom. The molecule has 1 unspecified atom stereocenters. The van der Waals surface area contributed by atoms with E-state index in [1.807, 2.05) is 0 Å². The molecule has 0 saturated carbocycles. The Morgan fingerprint density at radius 2 is 1.75 bits per heavy atom. The maximum Gasteiger partial charge on any atom is 0.0655 e. The minimum atomic E-state index is 0.326. The zero-order chi connectivity index (χ0) is 9.23. The zero-order valence-electron chi connectivity index (χ0n) is 8.47. The van der Waals surface area contributed by atoms with Crippen molar-refractivity contribution in [2.24, 2.45) is 5.92 Å². The van der Waals surface area contributed by atoms with Gasteiger partial charge in [-0.2, -0.15) is 5.26 Å². The van der Waals surface area contributed by atoms with Gasteiger partial charge in [0.25, 0.3) is 0 Å². The molecule has 0 radical (unpaired) electrons. The summed E-state index contributed by atoms with van der Waals surface area (Å²) in [4.78, 5) is 0. The Morgan fingerprint density at radius 3 is 2.25 bits per heavy atom. The first-order valence-corrected chi connectivity index (χ1v) is 5.24. The minimum absolute atomic E-state index is 0.326. The lowest BCUT2D eigenvalue weighted by Gasteiger charge is -2.05. The molecule has 70 valence electrons. The summed E-state index contributed by atoms with van der Waals surface area (Å²) >= 11 is 0. The van der Waals surface area contributed by atoms with Crippen LogP contribution in [0.15, 0.2) is 0 Å². The van der Waals surface area contributed by atoms with E-state index in [0.29, 0.717) is 5.92 Å². The maximum absolute atomic E-state index is 8.76. The fourth-order valence-electron chi connectivity index (χ4n) is 1.44. The molecule has 0 bridgehead atoms. The molecule has 1 heteroatoms. The summed E-state index contributed by atoms with van der Waals surface area (Å²) in [7, 11) is 0. The van der Waals surface area contributed by atoms with Crippen LogP contribution in [0.5, 0.6) is 0 Å². The maximum atomic E-state index is 8.76. The van der Waals surface area contributed by atoms with Gasteiger partial charge in [-0.15, -0.1) is 0 Å². The van der Waals surface area contributed by atoms with Gasteiger partial charge in [-0.1, -0.05) is 46.0 Å². The van der Waals surface area contributed by atoms with Crippen LogP contribution in [-0.4, -0.2) is 0 Å². The van der Waals surface area contributed by atoms with Crippen LogP contribution in [0.4, 0.5) is 0 Å². The lowest BCUT2D eigenvalue weighted by Crippen LogP contribution is -1.95. The van der Waals surface area contributed by atoms with Crippen molar-refractivity contribution in [3.63, 3.8) is 0 Å². The molecule has 12 heavy (non-hydrogen) atoms. The molecule has 0 aromatic heterocycles. The predicted octanol–water partition coefficient (Wildman–Crippen LogP) is 3.90. The van der Waals surface area contributed by atoms with Gasteiger partial charge in [-0.3, -0.25) is 0 Å². The van der Waals surface area contributed by atoms with Crippen molar-refractivity contribution >= 4 is 0 Å². The monoisotopic (exact) mass is 167 g/mol. The van der Waals surface area contributed by atoms with Crippen molar-refractivity contribution in [2.45, 2.75) is 58.8 Å². The molecule has 1 atom stereocenters. The summed E-state index contributed by atoms with van der Waals surface area (Å²) in [5.74, 6) is 0.326. The minimum Gasteiger partial charge on any atom is -0.198 e. The molecular weight excluding hydrogens is 146 g/mol. The molecule has 0 amide bonds. The fourth-order valence-corrected chi connectivity index (χ4v) is 1.44. The van der Waals surface area contributed by atoms with Crippen molar-refractivity contribution < 1.29 is 0 Å². The predicted molar refractivity (Wildman–Crippen MR) is 52.8 cm³/mol. The molecule has 1 nitrogen and oxygen atoms in total. The van der Waals surface area contributed by atoms with Crippen molar-refractivity contribution in [3.05, 3.63) is 0 Å². The second kappa shape index (κ2) is 8.59. The van der Waals surface area contributed by atoms with Gasteiger partial charge in [0.1, 0.15) is 0 Å². The largest absolute Gasteiger partial charge is 0.198 e. The van der Waals surface area contributed by atoms with Crippen molar-refractivity contribution in [1.29, 1.82) is 5.26 Å². The number of nitriles is 1. The van der Waals surface area contributed by atoms with Crippen LogP contribution >= 0.6 is 0 Å². The zero-order valence-corrected chi connectivity index (χ0v) is 8.47. The molecule has 0 spiro atoms. The van der Waals surface area contributed by atoms with Crippen molar-refractivity contribution in [2.75, 3.05) is 0 Å². The van der Waals surface area contributed by atoms with Gasteiger partial charge >= 0.3 is 0 Å². The molecule has 0 heterocycles. The number of nitrogens with zero attached hydrogens (tertiary/aromatic N) is 1. The Kier molecular flexibility index (Phi) is 8.22. The Hall–Kier alpha value is -0.510. The van der Waals surface area contributed by atoms with E-state index < -0.39 is 0 Å². The van der Waals surface area contributed by atoms with Crippen LogP contribution < -0.4 is 0 Å². The van der Waals surface area contributed by atoms with Gasteiger partial charge in [0.05, 0.1) is 6.07 Å². The fraction of sp³-hybridized carbons (Fsp3) is 0.909. The van der Waals surface area contributed by atoms with E-state index in [0.717, 1.165) is 19.3 Å². The summed E-state index contributed by atoms with van der Waals surface area (Å²) in [5.41, 5.74) is 0. The highest BCUT2D eigenvalue weighted by molar-refractivity contribution is 4.81. The van der Waals surface area contributed by atoms with Crippen molar-refractivity contribution in [3.8, 4) is 6.07 Å². The Balaban J connectivity index is 3.27. The molecule has 0 N–H and O–H groups in total. The third-order valence-corrected chi connectivity index (χ3v) is 2.23. The van der Waals surface area contributed by atoms with Crippen LogP contribution in [0.3, 0.4) is 0 Å². The summed E-state index contributed by atoms with van der Waals surface area (Å²) in [6.07, 6.45) is 8.50. The summed E-state index contributed by atoms with van der Waals surface area (Å²) < 4.78 is 0. The van der Waals surface area contributed by atoms with Crippen molar-refractivity contribution in [1.82, 2.24) is 0 Å². The molecule has 0 aromatic carbocycles. The van der Waals surface area contributed by atoms with Crippen LogP contribution in [0.25, 0.3) is 0 Å². The number of unbranched alkanes of at least 4 members (excludes halogenated alkanes) is 3. The summed E-state index contributed by atoms with van der Waals surface area (Å²) in [6.45, 7) is 4.37. The average molecular weight is 167 g/mol. The highest BCUT2D eigenvalue weighted by atomic mass is 14.3. The highest BCUT2D eigenvalue weighted by Gasteiger charge is 2.04. The van der Waals surface area contributed by atoms with E-state index >= 15 is 0 Å². The average Bonchev–Trinajstić information content (AvgIpc) is 2.10. The first kappa shape index (κ1) is 11.5.